The summed E-state index contributed by atoms with van der Waals surface area (Å²) in [5, 5.41) is 7.52. The zero-order valence-corrected chi connectivity index (χ0v) is 11.1. The fourth-order valence-electron chi connectivity index (χ4n) is 2.85. The lowest BCUT2D eigenvalue weighted by atomic mass is 9.78. The lowest BCUT2D eigenvalue weighted by Gasteiger charge is -2.34. The SMILES string of the molecule is Cc1nc(CN[C@@H]2CCCC[C@H]2C(C)C)no1. The first-order chi connectivity index (χ1) is 8.16. The maximum absolute atomic E-state index is 4.98. The molecule has 0 unspecified atom stereocenters. The third-order valence-corrected chi connectivity index (χ3v) is 3.77. The Morgan fingerprint density at radius 3 is 2.76 bits per heavy atom. The molecule has 0 radical (unpaired) electrons. The molecular weight excluding hydrogens is 214 g/mol. The predicted molar refractivity (Wildman–Crippen MR) is 66.5 cm³/mol. The van der Waals surface area contributed by atoms with Gasteiger partial charge in [0.2, 0.25) is 5.89 Å². The fraction of sp³-hybridized carbons (Fsp3) is 0.846. The summed E-state index contributed by atoms with van der Waals surface area (Å²) in [6.07, 6.45) is 5.34. The Balaban J connectivity index is 1.88. The molecule has 0 spiro atoms. The Morgan fingerprint density at radius 2 is 2.12 bits per heavy atom. The van der Waals surface area contributed by atoms with Crippen LogP contribution in [0.2, 0.25) is 0 Å². The van der Waals surface area contributed by atoms with E-state index in [0.717, 1.165) is 24.2 Å². The summed E-state index contributed by atoms with van der Waals surface area (Å²) >= 11 is 0. The van der Waals surface area contributed by atoms with Crippen molar-refractivity contribution in [2.24, 2.45) is 11.8 Å². The average Bonchev–Trinajstić information content (AvgIpc) is 2.73. The second kappa shape index (κ2) is 5.63. The van der Waals surface area contributed by atoms with E-state index in [1.807, 2.05) is 6.92 Å². The minimum atomic E-state index is 0.613. The average molecular weight is 237 g/mol. The van der Waals surface area contributed by atoms with Crippen molar-refractivity contribution in [1.82, 2.24) is 15.5 Å². The first-order valence-corrected chi connectivity index (χ1v) is 6.69. The third-order valence-electron chi connectivity index (χ3n) is 3.77. The van der Waals surface area contributed by atoms with Gasteiger partial charge in [0.15, 0.2) is 5.82 Å². The van der Waals surface area contributed by atoms with Crippen LogP contribution in [0.3, 0.4) is 0 Å². The molecule has 1 aliphatic carbocycles. The van der Waals surface area contributed by atoms with Crippen LogP contribution >= 0.6 is 0 Å². The van der Waals surface area contributed by atoms with Crippen LogP contribution in [0, 0.1) is 18.8 Å². The Labute approximate surface area is 103 Å². The summed E-state index contributed by atoms with van der Waals surface area (Å²) in [7, 11) is 0. The fourth-order valence-corrected chi connectivity index (χ4v) is 2.85. The molecule has 96 valence electrons. The van der Waals surface area contributed by atoms with Crippen molar-refractivity contribution >= 4 is 0 Å². The van der Waals surface area contributed by atoms with E-state index in [1.54, 1.807) is 0 Å². The zero-order valence-electron chi connectivity index (χ0n) is 11.1. The largest absolute Gasteiger partial charge is 0.340 e. The molecule has 0 bridgehead atoms. The summed E-state index contributed by atoms with van der Waals surface area (Å²) in [5.41, 5.74) is 0. The first-order valence-electron chi connectivity index (χ1n) is 6.69. The number of nitrogens with zero attached hydrogens (tertiary/aromatic N) is 2. The van der Waals surface area contributed by atoms with Gasteiger partial charge in [0.1, 0.15) is 0 Å². The quantitative estimate of drug-likeness (QED) is 0.874. The Morgan fingerprint density at radius 1 is 1.35 bits per heavy atom. The Hall–Kier alpha value is -0.900. The summed E-state index contributed by atoms with van der Waals surface area (Å²) in [6.45, 7) is 7.20. The normalized spacial score (nSPS) is 25.4. The van der Waals surface area contributed by atoms with Crippen molar-refractivity contribution in [3.05, 3.63) is 11.7 Å². The molecule has 1 aromatic rings. The smallest absolute Gasteiger partial charge is 0.223 e. The van der Waals surface area contributed by atoms with Crippen molar-refractivity contribution in [3.63, 3.8) is 0 Å². The van der Waals surface area contributed by atoms with Crippen molar-refractivity contribution in [1.29, 1.82) is 0 Å². The summed E-state index contributed by atoms with van der Waals surface area (Å²) in [5.74, 6) is 2.96. The highest BCUT2D eigenvalue weighted by Crippen LogP contribution is 2.30. The lowest BCUT2D eigenvalue weighted by molar-refractivity contribution is 0.203. The predicted octanol–water partition coefficient (Wildman–Crippen LogP) is 2.68. The molecule has 0 saturated heterocycles. The summed E-state index contributed by atoms with van der Waals surface area (Å²) in [6, 6.07) is 0.613. The maximum atomic E-state index is 4.98. The molecule has 2 atom stereocenters. The van der Waals surface area contributed by atoms with E-state index in [0.29, 0.717) is 11.9 Å². The van der Waals surface area contributed by atoms with Crippen LogP contribution in [0.15, 0.2) is 4.52 Å². The molecule has 0 aromatic carbocycles. The molecule has 1 saturated carbocycles. The highest BCUT2D eigenvalue weighted by atomic mass is 16.5. The van der Waals surface area contributed by atoms with E-state index in [-0.39, 0.29) is 0 Å². The second-order valence-corrected chi connectivity index (χ2v) is 5.41. The van der Waals surface area contributed by atoms with Gasteiger partial charge in [0.05, 0.1) is 6.54 Å². The van der Waals surface area contributed by atoms with E-state index in [1.165, 1.54) is 25.7 Å². The summed E-state index contributed by atoms with van der Waals surface area (Å²) in [4.78, 5) is 4.22. The minimum absolute atomic E-state index is 0.613. The molecular formula is C13H23N3O. The Bertz CT molecular complexity index is 348. The van der Waals surface area contributed by atoms with Gasteiger partial charge in [-0.3, -0.25) is 0 Å². The van der Waals surface area contributed by atoms with Crippen LogP contribution in [-0.4, -0.2) is 16.2 Å². The second-order valence-electron chi connectivity index (χ2n) is 5.41. The molecule has 1 aromatic heterocycles. The van der Waals surface area contributed by atoms with Gasteiger partial charge in [-0.25, -0.2) is 0 Å². The molecule has 4 nitrogen and oxygen atoms in total. The van der Waals surface area contributed by atoms with E-state index < -0.39 is 0 Å². The van der Waals surface area contributed by atoms with Gasteiger partial charge in [0.25, 0.3) is 0 Å². The number of aromatic nitrogens is 2. The molecule has 0 amide bonds. The highest BCUT2D eigenvalue weighted by molar-refractivity contribution is 4.87. The van der Waals surface area contributed by atoms with Gasteiger partial charge in [-0.2, -0.15) is 4.98 Å². The number of hydrogen-bond donors (Lipinski definition) is 1. The van der Waals surface area contributed by atoms with Crippen molar-refractivity contribution < 1.29 is 4.52 Å². The van der Waals surface area contributed by atoms with Crippen LogP contribution in [-0.2, 0) is 6.54 Å². The number of aryl methyl sites for hydroxylation is 1. The van der Waals surface area contributed by atoms with E-state index in [2.05, 4.69) is 29.3 Å². The minimum Gasteiger partial charge on any atom is -0.340 e. The van der Waals surface area contributed by atoms with Gasteiger partial charge < -0.3 is 9.84 Å². The van der Waals surface area contributed by atoms with Gasteiger partial charge in [0, 0.05) is 13.0 Å². The third kappa shape index (κ3) is 3.28. The molecule has 2 rings (SSSR count). The molecule has 1 heterocycles. The number of nitrogens with one attached hydrogen (secondary N) is 1. The molecule has 1 N–H and O–H groups in total. The van der Waals surface area contributed by atoms with Crippen molar-refractivity contribution in [2.75, 3.05) is 0 Å². The first kappa shape index (κ1) is 12.6. The van der Waals surface area contributed by atoms with Crippen LogP contribution in [0.25, 0.3) is 0 Å². The van der Waals surface area contributed by atoms with E-state index in [4.69, 9.17) is 4.52 Å². The molecule has 1 fully saturated rings. The summed E-state index contributed by atoms with van der Waals surface area (Å²) < 4.78 is 4.98. The monoisotopic (exact) mass is 237 g/mol. The highest BCUT2D eigenvalue weighted by Gasteiger charge is 2.27. The van der Waals surface area contributed by atoms with E-state index >= 15 is 0 Å². The number of hydrogen-bond acceptors (Lipinski definition) is 4. The van der Waals surface area contributed by atoms with Crippen LogP contribution in [0.4, 0.5) is 0 Å². The molecule has 17 heavy (non-hydrogen) atoms. The van der Waals surface area contributed by atoms with Gasteiger partial charge in [-0.05, 0) is 24.7 Å². The van der Waals surface area contributed by atoms with E-state index in [9.17, 15) is 0 Å². The standard InChI is InChI=1S/C13H23N3O/c1-9(2)11-6-4-5-7-12(11)14-8-13-15-10(3)17-16-13/h9,11-12,14H,4-8H2,1-3H3/t11-,12+/m0/s1. The maximum Gasteiger partial charge on any atom is 0.223 e. The lowest BCUT2D eigenvalue weighted by Crippen LogP contribution is -2.40. The topological polar surface area (TPSA) is 51.0 Å². The van der Waals surface area contributed by atoms with Crippen molar-refractivity contribution in [3.8, 4) is 0 Å². The molecule has 4 heteroatoms. The van der Waals surface area contributed by atoms with Gasteiger partial charge in [-0.1, -0.05) is 31.8 Å². The van der Waals surface area contributed by atoms with Crippen LogP contribution < -0.4 is 5.32 Å². The molecule has 0 aliphatic heterocycles. The molecule has 1 aliphatic rings. The van der Waals surface area contributed by atoms with Crippen molar-refractivity contribution in [2.45, 2.75) is 59.0 Å². The van der Waals surface area contributed by atoms with Crippen LogP contribution in [0.5, 0.6) is 0 Å². The van der Waals surface area contributed by atoms with Crippen LogP contribution in [0.1, 0.15) is 51.2 Å². The zero-order chi connectivity index (χ0) is 12.3. The van der Waals surface area contributed by atoms with Gasteiger partial charge >= 0.3 is 0 Å². The Kier molecular flexibility index (Phi) is 4.15. The number of rotatable bonds is 4. The van der Waals surface area contributed by atoms with Gasteiger partial charge in [-0.15, -0.1) is 0 Å².